The Hall–Kier alpha value is -2.31. The van der Waals surface area contributed by atoms with Crippen LogP contribution in [0.3, 0.4) is 0 Å². The van der Waals surface area contributed by atoms with Crippen LogP contribution in [0.15, 0.2) is 12.3 Å². The highest BCUT2D eigenvalue weighted by molar-refractivity contribution is 5.94. The van der Waals surface area contributed by atoms with Crippen molar-refractivity contribution >= 4 is 5.91 Å². The molecule has 0 aromatic carbocycles. The molecule has 0 unspecified atom stereocenters. The maximum Gasteiger partial charge on any atom is 0.255 e. The number of hydrogen-bond donors (Lipinski definition) is 1. The van der Waals surface area contributed by atoms with Gasteiger partial charge in [0.15, 0.2) is 0 Å². The first kappa shape index (κ1) is 16.5. The van der Waals surface area contributed by atoms with Crippen molar-refractivity contribution in [1.82, 2.24) is 24.9 Å². The molecule has 1 aliphatic heterocycles. The Balaban J connectivity index is 1.66. The molecule has 0 fully saturated rings. The minimum atomic E-state index is -0.114. The first-order valence-corrected chi connectivity index (χ1v) is 8.65. The van der Waals surface area contributed by atoms with Crippen molar-refractivity contribution in [3.05, 3.63) is 29.2 Å². The van der Waals surface area contributed by atoms with Crippen LogP contribution in [0.2, 0.25) is 0 Å². The van der Waals surface area contributed by atoms with Crippen LogP contribution in [-0.2, 0) is 13.1 Å². The number of amides is 1. The second-order valence-electron chi connectivity index (χ2n) is 6.14. The van der Waals surface area contributed by atoms with Crippen LogP contribution < -0.4 is 10.1 Å². The van der Waals surface area contributed by atoms with Crippen molar-refractivity contribution < 1.29 is 9.53 Å². The van der Waals surface area contributed by atoms with Crippen LogP contribution in [0.1, 0.15) is 60.9 Å². The van der Waals surface area contributed by atoms with E-state index in [1.54, 1.807) is 6.20 Å². The number of hydrogen-bond acceptors (Lipinski definition) is 4. The van der Waals surface area contributed by atoms with Gasteiger partial charge in [0.05, 0.1) is 36.6 Å². The second-order valence-corrected chi connectivity index (χ2v) is 6.14. The molecule has 24 heavy (non-hydrogen) atoms. The summed E-state index contributed by atoms with van der Waals surface area (Å²) >= 11 is 0. The minimum Gasteiger partial charge on any atom is -0.478 e. The lowest BCUT2D eigenvalue weighted by Gasteiger charge is -2.15. The Morgan fingerprint density at radius 2 is 2.21 bits per heavy atom. The summed E-state index contributed by atoms with van der Waals surface area (Å²) in [6, 6.07) is 2.23. The lowest BCUT2D eigenvalue weighted by Crippen LogP contribution is -2.24. The third-order valence-electron chi connectivity index (χ3n) is 4.57. The number of rotatable bonds is 6. The SMILES string of the molecule is CCC(CC)n1ncc(C(=O)NCc2cc3n(n2)CCCO3)c1C. The Morgan fingerprint density at radius 1 is 1.42 bits per heavy atom. The average Bonchev–Trinajstić information content (AvgIpc) is 3.18. The molecule has 2 aromatic rings. The molecule has 0 saturated carbocycles. The number of nitrogens with one attached hydrogen (secondary N) is 1. The highest BCUT2D eigenvalue weighted by Gasteiger charge is 2.19. The molecular formula is C17H25N5O2. The highest BCUT2D eigenvalue weighted by Crippen LogP contribution is 2.20. The van der Waals surface area contributed by atoms with Gasteiger partial charge in [0.25, 0.3) is 5.91 Å². The summed E-state index contributed by atoms with van der Waals surface area (Å²) in [4.78, 5) is 12.5. The van der Waals surface area contributed by atoms with Gasteiger partial charge in [0.1, 0.15) is 0 Å². The fourth-order valence-corrected chi connectivity index (χ4v) is 3.12. The van der Waals surface area contributed by atoms with Crippen LogP contribution in [0.25, 0.3) is 0 Å². The topological polar surface area (TPSA) is 74.0 Å². The summed E-state index contributed by atoms with van der Waals surface area (Å²) in [6.45, 7) is 8.20. The zero-order valence-electron chi connectivity index (χ0n) is 14.6. The third kappa shape index (κ3) is 3.16. The predicted molar refractivity (Wildman–Crippen MR) is 90.1 cm³/mol. The molecule has 2 aromatic heterocycles. The maximum absolute atomic E-state index is 12.5. The molecule has 3 heterocycles. The quantitative estimate of drug-likeness (QED) is 0.882. The molecular weight excluding hydrogens is 306 g/mol. The summed E-state index contributed by atoms with van der Waals surface area (Å²) in [6.07, 6.45) is 4.62. The van der Waals surface area contributed by atoms with Crippen LogP contribution >= 0.6 is 0 Å². The van der Waals surface area contributed by atoms with Crippen molar-refractivity contribution in [3.8, 4) is 5.88 Å². The molecule has 1 aliphatic rings. The van der Waals surface area contributed by atoms with Crippen LogP contribution in [-0.4, -0.2) is 32.1 Å². The lowest BCUT2D eigenvalue weighted by molar-refractivity contribution is 0.0949. The van der Waals surface area contributed by atoms with E-state index in [0.29, 0.717) is 18.2 Å². The molecule has 7 heteroatoms. The van der Waals surface area contributed by atoms with Crippen LogP contribution in [0, 0.1) is 6.92 Å². The first-order chi connectivity index (χ1) is 11.6. The standard InChI is InChI=1S/C17H25N5O2/c1-4-14(5-2)22-12(3)15(11-19-22)17(23)18-10-13-9-16-21(20-13)7-6-8-24-16/h9,11,14H,4-8,10H2,1-3H3,(H,18,23). The van der Waals surface area contributed by atoms with Gasteiger partial charge in [-0.2, -0.15) is 10.2 Å². The van der Waals surface area contributed by atoms with E-state index in [4.69, 9.17) is 4.74 Å². The van der Waals surface area contributed by atoms with E-state index in [1.165, 1.54) is 0 Å². The minimum absolute atomic E-state index is 0.114. The summed E-state index contributed by atoms with van der Waals surface area (Å²) in [5, 5.41) is 11.8. The normalized spacial score (nSPS) is 13.7. The van der Waals surface area contributed by atoms with E-state index in [-0.39, 0.29) is 5.91 Å². The number of ether oxygens (including phenoxy) is 1. The predicted octanol–water partition coefficient (Wildman–Crippen LogP) is 2.46. The Kier molecular flexibility index (Phi) is 4.87. The molecule has 1 amide bonds. The summed E-state index contributed by atoms with van der Waals surface area (Å²) in [5.41, 5.74) is 2.35. The smallest absolute Gasteiger partial charge is 0.255 e. The van der Waals surface area contributed by atoms with Crippen molar-refractivity contribution in [1.29, 1.82) is 0 Å². The largest absolute Gasteiger partial charge is 0.478 e. The maximum atomic E-state index is 12.5. The summed E-state index contributed by atoms with van der Waals surface area (Å²) < 4.78 is 9.35. The molecule has 0 spiro atoms. The van der Waals surface area contributed by atoms with Crippen molar-refractivity contribution in [2.45, 2.75) is 59.2 Å². The van der Waals surface area contributed by atoms with Gasteiger partial charge < -0.3 is 10.1 Å². The van der Waals surface area contributed by atoms with E-state index in [2.05, 4.69) is 29.4 Å². The fourth-order valence-electron chi connectivity index (χ4n) is 3.12. The fraction of sp³-hybridized carbons (Fsp3) is 0.588. The zero-order chi connectivity index (χ0) is 17.1. The Morgan fingerprint density at radius 3 is 2.92 bits per heavy atom. The summed E-state index contributed by atoms with van der Waals surface area (Å²) in [7, 11) is 0. The van der Waals surface area contributed by atoms with Crippen molar-refractivity contribution in [2.75, 3.05) is 6.61 Å². The van der Waals surface area contributed by atoms with E-state index in [1.807, 2.05) is 22.4 Å². The van der Waals surface area contributed by atoms with Crippen LogP contribution in [0.4, 0.5) is 0 Å². The number of aryl methyl sites for hydroxylation is 1. The Bertz CT molecular complexity index is 691. The molecule has 3 rings (SSSR count). The van der Waals surface area contributed by atoms with Gasteiger partial charge in [0.2, 0.25) is 5.88 Å². The average molecular weight is 331 g/mol. The van der Waals surface area contributed by atoms with E-state index < -0.39 is 0 Å². The highest BCUT2D eigenvalue weighted by atomic mass is 16.5. The van der Waals surface area contributed by atoms with Crippen molar-refractivity contribution in [3.63, 3.8) is 0 Å². The van der Waals surface area contributed by atoms with Crippen molar-refractivity contribution in [2.24, 2.45) is 0 Å². The van der Waals surface area contributed by atoms with Crippen LogP contribution in [0.5, 0.6) is 5.88 Å². The van der Waals surface area contributed by atoms with Gasteiger partial charge in [0, 0.05) is 24.7 Å². The molecule has 130 valence electrons. The zero-order valence-corrected chi connectivity index (χ0v) is 14.6. The van der Waals surface area contributed by atoms with Gasteiger partial charge in [-0.15, -0.1) is 0 Å². The molecule has 7 nitrogen and oxygen atoms in total. The van der Waals surface area contributed by atoms with E-state index in [0.717, 1.165) is 49.7 Å². The molecule has 0 radical (unpaired) electrons. The molecule has 0 saturated heterocycles. The monoisotopic (exact) mass is 331 g/mol. The number of carbonyl (C=O) groups is 1. The molecule has 0 aliphatic carbocycles. The molecule has 0 bridgehead atoms. The first-order valence-electron chi connectivity index (χ1n) is 8.65. The van der Waals surface area contributed by atoms with E-state index in [9.17, 15) is 4.79 Å². The van der Waals surface area contributed by atoms with Gasteiger partial charge in [-0.05, 0) is 19.8 Å². The number of carbonyl (C=O) groups excluding carboxylic acids is 1. The van der Waals surface area contributed by atoms with Gasteiger partial charge in [-0.3, -0.25) is 9.48 Å². The Labute approximate surface area is 142 Å². The van der Waals surface area contributed by atoms with Gasteiger partial charge >= 0.3 is 0 Å². The van der Waals surface area contributed by atoms with Gasteiger partial charge in [-0.1, -0.05) is 13.8 Å². The van der Waals surface area contributed by atoms with Gasteiger partial charge in [-0.25, -0.2) is 4.68 Å². The third-order valence-corrected chi connectivity index (χ3v) is 4.57. The number of fused-ring (bicyclic) bond motifs is 1. The molecule has 0 atom stereocenters. The number of nitrogens with zero attached hydrogens (tertiary/aromatic N) is 4. The lowest BCUT2D eigenvalue weighted by atomic mass is 10.1. The number of aromatic nitrogens is 4. The van der Waals surface area contributed by atoms with E-state index >= 15 is 0 Å². The summed E-state index contributed by atoms with van der Waals surface area (Å²) in [5.74, 6) is 0.667. The second kappa shape index (κ2) is 7.07. The molecule has 1 N–H and O–H groups in total.